The van der Waals surface area contributed by atoms with E-state index < -0.39 is 0 Å². The zero-order valence-electron chi connectivity index (χ0n) is 13.9. The van der Waals surface area contributed by atoms with E-state index in [4.69, 9.17) is 9.47 Å². The number of rotatable bonds is 4. The molecule has 2 aromatic rings. The van der Waals surface area contributed by atoms with Crippen LogP contribution in [0, 0.1) is 0 Å². The lowest BCUT2D eigenvalue weighted by molar-refractivity contribution is -0.132. The van der Waals surface area contributed by atoms with Gasteiger partial charge in [-0.05, 0) is 66.1 Å². The molecule has 0 spiro atoms. The van der Waals surface area contributed by atoms with Gasteiger partial charge in [0.05, 0.1) is 0 Å². The number of ether oxygens (including phenoxy) is 2. The lowest BCUT2D eigenvalue weighted by atomic mass is 9.93. The Morgan fingerprint density at radius 2 is 1.58 bits per heavy atom. The van der Waals surface area contributed by atoms with Crippen molar-refractivity contribution in [3.63, 3.8) is 0 Å². The molecule has 0 unspecified atom stereocenters. The quantitative estimate of drug-likeness (QED) is 0.634. The normalized spacial score (nSPS) is 15.7. The monoisotopic (exact) mass is 324 g/mol. The van der Waals surface area contributed by atoms with Crippen molar-refractivity contribution >= 4 is 11.9 Å². The summed E-state index contributed by atoms with van der Waals surface area (Å²) >= 11 is 0. The molecule has 3 rings (SSSR count). The fourth-order valence-corrected chi connectivity index (χ4v) is 3.27. The van der Waals surface area contributed by atoms with Crippen molar-refractivity contribution in [3.05, 3.63) is 59.2 Å². The van der Waals surface area contributed by atoms with Gasteiger partial charge in [-0.1, -0.05) is 18.2 Å². The molecule has 4 heteroatoms. The first kappa shape index (κ1) is 16.2. The second kappa shape index (κ2) is 6.87. The summed E-state index contributed by atoms with van der Waals surface area (Å²) in [5, 5.41) is 0. The molecule has 1 aliphatic carbocycles. The van der Waals surface area contributed by atoms with Gasteiger partial charge < -0.3 is 9.47 Å². The third kappa shape index (κ3) is 3.82. The third-order valence-corrected chi connectivity index (χ3v) is 4.25. The number of fused-ring (bicyclic) bond motifs is 1. The maximum atomic E-state index is 11.1. The van der Waals surface area contributed by atoms with Gasteiger partial charge in [-0.25, -0.2) is 0 Å². The molecule has 0 fully saturated rings. The second-order valence-corrected chi connectivity index (χ2v) is 6.13. The Balaban J connectivity index is 1.70. The molecule has 4 nitrogen and oxygen atoms in total. The Morgan fingerprint density at radius 1 is 0.958 bits per heavy atom. The van der Waals surface area contributed by atoms with E-state index in [-0.39, 0.29) is 11.9 Å². The van der Waals surface area contributed by atoms with E-state index in [1.54, 1.807) is 0 Å². The first-order valence-electron chi connectivity index (χ1n) is 8.10. The second-order valence-electron chi connectivity index (χ2n) is 6.13. The topological polar surface area (TPSA) is 52.6 Å². The van der Waals surface area contributed by atoms with Crippen LogP contribution in [0.3, 0.4) is 0 Å². The fraction of sp³-hybridized carbons (Fsp3) is 0.300. The average molecular weight is 324 g/mol. The van der Waals surface area contributed by atoms with Crippen molar-refractivity contribution in [2.75, 3.05) is 0 Å². The number of hydrogen-bond acceptors (Lipinski definition) is 4. The van der Waals surface area contributed by atoms with Crippen LogP contribution in [-0.2, 0) is 22.4 Å². The minimum absolute atomic E-state index is 0.294. The van der Waals surface area contributed by atoms with E-state index in [1.807, 2.05) is 36.4 Å². The van der Waals surface area contributed by atoms with Crippen molar-refractivity contribution in [1.29, 1.82) is 0 Å². The largest absolute Gasteiger partial charge is 0.427 e. The minimum atomic E-state index is -0.309. The highest BCUT2D eigenvalue weighted by Gasteiger charge is 2.23. The Kier molecular flexibility index (Phi) is 4.65. The van der Waals surface area contributed by atoms with Crippen molar-refractivity contribution in [1.82, 2.24) is 0 Å². The smallest absolute Gasteiger partial charge is 0.308 e. The van der Waals surface area contributed by atoms with Gasteiger partial charge in [0.15, 0.2) is 0 Å². The van der Waals surface area contributed by atoms with Gasteiger partial charge in [-0.2, -0.15) is 0 Å². The van der Waals surface area contributed by atoms with Crippen LogP contribution in [0.15, 0.2) is 42.5 Å². The molecule has 0 amide bonds. The van der Waals surface area contributed by atoms with Gasteiger partial charge in [0.25, 0.3) is 0 Å². The molecule has 0 bridgehead atoms. The summed E-state index contributed by atoms with van der Waals surface area (Å²) in [6.07, 6.45) is 3.03. The molecule has 0 radical (unpaired) electrons. The summed E-state index contributed by atoms with van der Waals surface area (Å²) in [7, 11) is 0. The maximum Gasteiger partial charge on any atom is 0.308 e. The standard InChI is InChI=1S/C20H20O4/c1-13(21)23-18-7-3-15(4-8-18)11-16-5-6-17-12-19(24-14(2)22)9-10-20(16)17/h3-4,7-10,12,16H,5-6,11H2,1-2H3/t16-/m0/s1. The van der Waals surface area contributed by atoms with Crippen LogP contribution in [0.2, 0.25) is 0 Å². The van der Waals surface area contributed by atoms with E-state index in [2.05, 4.69) is 6.07 Å². The molecular formula is C20H20O4. The van der Waals surface area contributed by atoms with Gasteiger partial charge in [-0.3, -0.25) is 9.59 Å². The molecule has 0 saturated carbocycles. The molecule has 1 atom stereocenters. The Morgan fingerprint density at radius 3 is 2.25 bits per heavy atom. The summed E-state index contributed by atoms with van der Waals surface area (Å²) in [4.78, 5) is 22.0. The number of hydrogen-bond donors (Lipinski definition) is 0. The zero-order valence-corrected chi connectivity index (χ0v) is 13.9. The third-order valence-electron chi connectivity index (χ3n) is 4.25. The van der Waals surface area contributed by atoms with Gasteiger partial charge in [0.2, 0.25) is 0 Å². The molecule has 0 saturated heterocycles. The van der Waals surface area contributed by atoms with Crippen LogP contribution < -0.4 is 9.47 Å². The van der Waals surface area contributed by atoms with Crippen LogP contribution in [0.5, 0.6) is 11.5 Å². The first-order chi connectivity index (χ1) is 11.5. The maximum absolute atomic E-state index is 11.1. The predicted octanol–water partition coefficient (Wildman–Crippen LogP) is 3.81. The predicted molar refractivity (Wildman–Crippen MR) is 90.3 cm³/mol. The summed E-state index contributed by atoms with van der Waals surface area (Å²) in [6, 6.07) is 13.6. The van der Waals surface area contributed by atoms with E-state index in [1.165, 1.54) is 30.5 Å². The minimum Gasteiger partial charge on any atom is -0.427 e. The number of carbonyl (C=O) groups is 2. The molecule has 24 heavy (non-hydrogen) atoms. The van der Waals surface area contributed by atoms with Gasteiger partial charge in [-0.15, -0.1) is 0 Å². The van der Waals surface area contributed by atoms with E-state index >= 15 is 0 Å². The SMILES string of the molecule is CC(=O)Oc1ccc(C[C@@H]2CCc3cc(OC(C)=O)ccc32)cc1. The summed E-state index contributed by atoms with van der Waals surface area (Å²) < 4.78 is 10.2. The molecule has 2 aromatic carbocycles. The van der Waals surface area contributed by atoms with Crippen LogP contribution >= 0.6 is 0 Å². The number of benzene rings is 2. The van der Waals surface area contributed by atoms with Gasteiger partial charge >= 0.3 is 11.9 Å². The Labute approximate surface area is 141 Å². The zero-order chi connectivity index (χ0) is 17.1. The van der Waals surface area contributed by atoms with Crippen LogP contribution in [0.4, 0.5) is 0 Å². The lowest BCUT2D eigenvalue weighted by Crippen LogP contribution is -2.03. The molecule has 0 aromatic heterocycles. The van der Waals surface area contributed by atoms with E-state index in [9.17, 15) is 9.59 Å². The van der Waals surface area contributed by atoms with E-state index in [0.717, 1.165) is 19.3 Å². The van der Waals surface area contributed by atoms with E-state index in [0.29, 0.717) is 17.4 Å². The van der Waals surface area contributed by atoms with Gasteiger partial charge in [0.1, 0.15) is 11.5 Å². The fourth-order valence-electron chi connectivity index (χ4n) is 3.27. The molecule has 0 aliphatic heterocycles. The summed E-state index contributed by atoms with van der Waals surface area (Å²) in [5.74, 6) is 1.05. The highest BCUT2D eigenvalue weighted by Crippen LogP contribution is 2.37. The van der Waals surface area contributed by atoms with Crippen molar-refractivity contribution in [3.8, 4) is 11.5 Å². The van der Waals surface area contributed by atoms with Gasteiger partial charge in [0, 0.05) is 13.8 Å². The number of carbonyl (C=O) groups excluding carboxylic acids is 2. The number of aryl methyl sites for hydroxylation is 1. The average Bonchev–Trinajstić information content (AvgIpc) is 2.90. The Hall–Kier alpha value is -2.62. The molecular weight excluding hydrogens is 304 g/mol. The summed E-state index contributed by atoms with van der Waals surface area (Å²) in [6.45, 7) is 2.81. The van der Waals surface area contributed by atoms with Crippen molar-refractivity contribution in [2.24, 2.45) is 0 Å². The molecule has 0 N–H and O–H groups in total. The van der Waals surface area contributed by atoms with Crippen molar-refractivity contribution < 1.29 is 19.1 Å². The lowest BCUT2D eigenvalue weighted by Gasteiger charge is -2.13. The first-order valence-corrected chi connectivity index (χ1v) is 8.10. The molecule has 124 valence electrons. The molecule has 1 aliphatic rings. The van der Waals surface area contributed by atoms with Crippen LogP contribution in [0.1, 0.15) is 42.9 Å². The van der Waals surface area contributed by atoms with Crippen molar-refractivity contribution in [2.45, 2.75) is 39.0 Å². The highest BCUT2D eigenvalue weighted by molar-refractivity contribution is 5.69. The molecule has 0 heterocycles. The summed E-state index contributed by atoms with van der Waals surface area (Å²) in [5.41, 5.74) is 3.80. The highest BCUT2D eigenvalue weighted by atomic mass is 16.5. The van der Waals surface area contributed by atoms with Crippen LogP contribution in [0.25, 0.3) is 0 Å². The van der Waals surface area contributed by atoms with Crippen LogP contribution in [-0.4, -0.2) is 11.9 Å². The Bertz CT molecular complexity index is 762. The number of esters is 2.